The van der Waals surface area contributed by atoms with Gasteiger partial charge in [0.1, 0.15) is 0 Å². The van der Waals surface area contributed by atoms with Gasteiger partial charge in [-0.2, -0.15) is 0 Å². The predicted molar refractivity (Wildman–Crippen MR) is 97.8 cm³/mol. The number of fused-ring (bicyclic) bond motifs is 1. The van der Waals surface area contributed by atoms with Crippen molar-refractivity contribution in [3.63, 3.8) is 0 Å². The third kappa shape index (κ3) is 3.52. The molecule has 2 N–H and O–H groups in total. The first-order chi connectivity index (χ1) is 11.8. The molecule has 0 saturated carbocycles. The summed E-state index contributed by atoms with van der Waals surface area (Å²) in [6, 6.07) is 6.47. The van der Waals surface area contributed by atoms with Crippen LogP contribution >= 0.6 is 11.3 Å². The molecule has 0 atom stereocenters. The fourth-order valence-corrected chi connectivity index (χ4v) is 4.54. The molecular weight excluding hydrogens is 318 g/mol. The van der Waals surface area contributed by atoms with Crippen molar-refractivity contribution in [2.24, 2.45) is 0 Å². The number of aromatic nitrogens is 1. The molecule has 1 aromatic heterocycles. The van der Waals surface area contributed by atoms with Crippen LogP contribution < -0.4 is 10.6 Å². The summed E-state index contributed by atoms with van der Waals surface area (Å²) >= 11 is 1.54. The Hall–Kier alpha value is -1.72. The summed E-state index contributed by atoms with van der Waals surface area (Å²) in [7, 11) is 0. The van der Waals surface area contributed by atoms with Crippen molar-refractivity contribution in [3.8, 4) is 0 Å². The van der Waals surface area contributed by atoms with Crippen LogP contribution in [0.15, 0.2) is 23.6 Å². The fourth-order valence-electron chi connectivity index (χ4n) is 3.73. The lowest BCUT2D eigenvalue weighted by Gasteiger charge is -2.20. The van der Waals surface area contributed by atoms with Gasteiger partial charge in [-0.15, -0.1) is 11.3 Å². The van der Waals surface area contributed by atoms with Gasteiger partial charge in [-0.05, 0) is 61.9 Å². The van der Waals surface area contributed by atoms with Gasteiger partial charge in [-0.1, -0.05) is 18.2 Å². The smallest absolute Gasteiger partial charge is 0.230 e. The van der Waals surface area contributed by atoms with Crippen LogP contribution in [0.25, 0.3) is 0 Å². The van der Waals surface area contributed by atoms with Crippen molar-refractivity contribution in [2.45, 2.75) is 44.4 Å². The molecule has 4 rings (SSSR count). The van der Waals surface area contributed by atoms with Crippen molar-refractivity contribution in [1.29, 1.82) is 0 Å². The second-order valence-electron chi connectivity index (χ2n) is 6.78. The van der Waals surface area contributed by atoms with Gasteiger partial charge in [-0.25, -0.2) is 4.98 Å². The number of benzene rings is 1. The van der Waals surface area contributed by atoms with E-state index in [9.17, 15) is 4.79 Å². The maximum absolute atomic E-state index is 12.3. The van der Waals surface area contributed by atoms with E-state index >= 15 is 0 Å². The van der Waals surface area contributed by atoms with E-state index in [4.69, 9.17) is 0 Å². The molecule has 2 aromatic rings. The predicted octanol–water partition coefficient (Wildman–Crippen LogP) is 3.28. The van der Waals surface area contributed by atoms with Gasteiger partial charge in [-0.3, -0.25) is 4.79 Å². The Labute approximate surface area is 146 Å². The molecule has 2 heterocycles. The number of aryl methyl sites for hydroxylation is 2. The number of amides is 1. The summed E-state index contributed by atoms with van der Waals surface area (Å²) in [5.41, 5.74) is 5.10. The minimum absolute atomic E-state index is 0.0270. The molecule has 1 aliphatic heterocycles. The van der Waals surface area contributed by atoms with Gasteiger partial charge in [0.05, 0.1) is 12.1 Å². The fraction of sp³-hybridized carbons (Fsp3) is 0.474. The SMILES string of the molecule is O=C(Cc1ccc2c(c1)CCC2)Nc1nc(C2CCNCC2)cs1. The molecule has 0 spiro atoms. The molecule has 1 aromatic carbocycles. The maximum atomic E-state index is 12.3. The Balaban J connectivity index is 1.36. The third-order valence-electron chi connectivity index (χ3n) is 5.05. The van der Waals surface area contributed by atoms with E-state index < -0.39 is 0 Å². The lowest BCUT2D eigenvalue weighted by atomic mass is 9.96. The number of hydrogen-bond donors (Lipinski definition) is 2. The van der Waals surface area contributed by atoms with Gasteiger partial charge < -0.3 is 10.6 Å². The summed E-state index contributed by atoms with van der Waals surface area (Å²) in [6.07, 6.45) is 6.26. The molecule has 5 heteroatoms. The number of nitrogens with one attached hydrogen (secondary N) is 2. The Kier molecular flexibility index (Phi) is 4.63. The number of carbonyl (C=O) groups excluding carboxylic acids is 1. The highest BCUT2D eigenvalue weighted by molar-refractivity contribution is 7.13. The number of carbonyl (C=O) groups is 1. The zero-order valence-corrected chi connectivity index (χ0v) is 14.6. The Bertz CT molecular complexity index is 734. The molecule has 1 saturated heterocycles. The van der Waals surface area contributed by atoms with Crippen molar-refractivity contribution in [1.82, 2.24) is 10.3 Å². The molecule has 4 nitrogen and oxygen atoms in total. The average molecular weight is 341 g/mol. The molecule has 24 heavy (non-hydrogen) atoms. The zero-order chi connectivity index (χ0) is 16.4. The monoisotopic (exact) mass is 341 g/mol. The van der Waals surface area contributed by atoms with E-state index in [1.807, 2.05) is 0 Å². The van der Waals surface area contributed by atoms with E-state index in [0.717, 1.165) is 48.7 Å². The van der Waals surface area contributed by atoms with Crippen LogP contribution in [0, 0.1) is 0 Å². The van der Waals surface area contributed by atoms with Crippen molar-refractivity contribution < 1.29 is 4.79 Å². The number of thiazole rings is 1. The second kappa shape index (κ2) is 7.03. The van der Waals surface area contributed by atoms with Gasteiger partial charge >= 0.3 is 0 Å². The summed E-state index contributed by atoms with van der Waals surface area (Å²) in [5, 5.41) is 9.17. The molecule has 1 fully saturated rings. The van der Waals surface area contributed by atoms with E-state index in [-0.39, 0.29) is 5.91 Å². The van der Waals surface area contributed by atoms with Crippen LogP contribution in [0.2, 0.25) is 0 Å². The number of rotatable bonds is 4. The van der Waals surface area contributed by atoms with E-state index in [0.29, 0.717) is 12.3 Å². The van der Waals surface area contributed by atoms with Crippen LogP contribution in [-0.4, -0.2) is 24.0 Å². The molecule has 0 unspecified atom stereocenters. The highest BCUT2D eigenvalue weighted by Gasteiger charge is 2.19. The van der Waals surface area contributed by atoms with Crippen molar-refractivity contribution in [2.75, 3.05) is 18.4 Å². The van der Waals surface area contributed by atoms with Crippen LogP contribution in [0.1, 0.15) is 47.6 Å². The molecule has 0 radical (unpaired) electrons. The first kappa shape index (κ1) is 15.8. The maximum Gasteiger partial charge on any atom is 0.230 e. The topological polar surface area (TPSA) is 54.0 Å². The highest BCUT2D eigenvalue weighted by Crippen LogP contribution is 2.28. The number of piperidine rings is 1. The number of hydrogen-bond acceptors (Lipinski definition) is 4. The summed E-state index contributed by atoms with van der Waals surface area (Å²) < 4.78 is 0. The van der Waals surface area contributed by atoms with Crippen LogP contribution in [0.4, 0.5) is 5.13 Å². The minimum Gasteiger partial charge on any atom is -0.317 e. The van der Waals surface area contributed by atoms with E-state index in [1.54, 1.807) is 0 Å². The standard InChI is InChI=1S/C19H23N3OS/c23-18(11-13-4-5-14-2-1-3-16(14)10-13)22-19-21-17(12-24-19)15-6-8-20-9-7-15/h4-5,10,12,15,20H,1-3,6-9,11H2,(H,21,22,23). The van der Waals surface area contributed by atoms with E-state index in [2.05, 4.69) is 39.2 Å². The lowest BCUT2D eigenvalue weighted by Crippen LogP contribution is -2.26. The average Bonchev–Trinajstić information content (AvgIpc) is 3.24. The van der Waals surface area contributed by atoms with Gasteiger partial charge in [0.2, 0.25) is 5.91 Å². The highest BCUT2D eigenvalue weighted by atomic mass is 32.1. The van der Waals surface area contributed by atoms with Crippen molar-refractivity contribution in [3.05, 3.63) is 46.0 Å². The Morgan fingerprint density at radius 3 is 2.96 bits per heavy atom. The summed E-state index contributed by atoms with van der Waals surface area (Å²) in [4.78, 5) is 16.9. The third-order valence-corrected chi connectivity index (χ3v) is 5.83. The van der Waals surface area contributed by atoms with Crippen LogP contribution in [-0.2, 0) is 24.1 Å². The van der Waals surface area contributed by atoms with Gasteiger partial charge in [0.25, 0.3) is 0 Å². The first-order valence-corrected chi connectivity index (χ1v) is 9.72. The van der Waals surface area contributed by atoms with E-state index in [1.165, 1.54) is 35.3 Å². The Morgan fingerprint density at radius 1 is 1.25 bits per heavy atom. The van der Waals surface area contributed by atoms with Crippen LogP contribution in [0.5, 0.6) is 0 Å². The lowest BCUT2D eigenvalue weighted by molar-refractivity contribution is -0.115. The first-order valence-electron chi connectivity index (χ1n) is 8.84. The Morgan fingerprint density at radius 2 is 2.08 bits per heavy atom. The van der Waals surface area contributed by atoms with Crippen molar-refractivity contribution >= 4 is 22.4 Å². The van der Waals surface area contributed by atoms with Gasteiger partial charge in [0.15, 0.2) is 5.13 Å². The summed E-state index contributed by atoms with van der Waals surface area (Å²) in [6.45, 7) is 2.12. The quantitative estimate of drug-likeness (QED) is 0.897. The van der Waals surface area contributed by atoms with Crippen LogP contribution in [0.3, 0.4) is 0 Å². The molecule has 1 amide bonds. The molecule has 2 aliphatic rings. The second-order valence-corrected chi connectivity index (χ2v) is 7.64. The number of nitrogens with zero attached hydrogens (tertiary/aromatic N) is 1. The molecular formula is C19H23N3OS. The molecule has 1 aliphatic carbocycles. The van der Waals surface area contributed by atoms with Gasteiger partial charge in [0, 0.05) is 11.3 Å². The number of anilines is 1. The molecule has 0 bridgehead atoms. The minimum atomic E-state index is 0.0270. The zero-order valence-electron chi connectivity index (χ0n) is 13.8. The molecule has 126 valence electrons. The largest absolute Gasteiger partial charge is 0.317 e. The normalized spacial score (nSPS) is 17.7. The summed E-state index contributed by atoms with van der Waals surface area (Å²) in [5.74, 6) is 0.559.